The number of aromatic amines is 1. The number of nitrogens with zero attached hydrogens (tertiary/aromatic N) is 2. The van der Waals surface area contributed by atoms with Crippen molar-refractivity contribution >= 4 is 5.57 Å². The molecular formula is C26H24FN3O2. The van der Waals surface area contributed by atoms with Crippen LogP contribution in [0.5, 0.6) is 5.75 Å². The maximum absolute atomic E-state index is 13.8. The zero-order valence-corrected chi connectivity index (χ0v) is 18.4. The number of hydrogen-bond donors (Lipinski definition) is 1. The molecule has 32 heavy (non-hydrogen) atoms. The van der Waals surface area contributed by atoms with Crippen molar-refractivity contribution in [3.8, 4) is 11.8 Å². The van der Waals surface area contributed by atoms with Gasteiger partial charge in [-0.1, -0.05) is 31.5 Å². The summed E-state index contributed by atoms with van der Waals surface area (Å²) in [4.78, 5) is 20.0. The molecule has 3 aromatic rings. The molecule has 6 heteroatoms. The van der Waals surface area contributed by atoms with Gasteiger partial charge in [0.1, 0.15) is 24.0 Å². The lowest BCUT2D eigenvalue weighted by Crippen LogP contribution is -2.19. The number of fused-ring (bicyclic) bond motifs is 2. The highest BCUT2D eigenvalue weighted by Gasteiger charge is 2.22. The van der Waals surface area contributed by atoms with E-state index >= 15 is 0 Å². The van der Waals surface area contributed by atoms with Gasteiger partial charge in [0.2, 0.25) is 0 Å². The SMILES string of the molecule is CCCc1nc(C)[nH]c(=O)c1Cc1ccc2c(c1)COc1cc(F)ccc1/C2=C(/C)C#N. The summed E-state index contributed by atoms with van der Waals surface area (Å²) in [6.45, 7) is 5.84. The van der Waals surface area contributed by atoms with Crippen LogP contribution in [0.2, 0.25) is 0 Å². The van der Waals surface area contributed by atoms with E-state index in [1.165, 1.54) is 12.1 Å². The van der Waals surface area contributed by atoms with Gasteiger partial charge in [0.05, 0.1) is 11.8 Å². The van der Waals surface area contributed by atoms with Gasteiger partial charge in [0.15, 0.2) is 0 Å². The van der Waals surface area contributed by atoms with Gasteiger partial charge in [-0.05, 0) is 49.1 Å². The fourth-order valence-electron chi connectivity index (χ4n) is 4.20. The van der Waals surface area contributed by atoms with Crippen LogP contribution in [-0.4, -0.2) is 9.97 Å². The number of aryl methyl sites for hydroxylation is 2. The Morgan fingerprint density at radius 2 is 2.03 bits per heavy atom. The number of allylic oxidation sites excluding steroid dienone is 1. The minimum Gasteiger partial charge on any atom is -0.488 e. The Morgan fingerprint density at radius 3 is 2.78 bits per heavy atom. The molecule has 2 aromatic carbocycles. The molecule has 1 aromatic heterocycles. The van der Waals surface area contributed by atoms with Crippen LogP contribution >= 0.6 is 0 Å². The Balaban J connectivity index is 1.80. The molecule has 5 nitrogen and oxygen atoms in total. The molecule has 0 saturated heterocycles. The number of H-pyrrole nitrogens is 1. The zero-order chi connectivity index (χ0) is 22.8. The van der Waals surface area contributed by atoms with Crippen molar-refractivity contribution < 1.29 is 9.13 Å². The standard InChI is InChI=1S/C26H24FN3O2/c1-4-5-23-22(26(31)30-16(3)29-23)11-17-6-8-20-18(10-17)14-32-24-12-19(27)7-9-21(24)25(20)15(2)13-28/h6-10,12H,4-5,11,14H2,1-3H3,(H,29,30,31)/b25-15-. The highest BCUT2D eigenvalue weighted by Crippen LogP contribution is 2.39. The van der Waals surface area contributed by atoms with E-state index in [0.717, 1.165) is 40.8 Å². The molecular weight excluding hydrogens is 405 g/mol. The van der Waals surface area contributed by atoms with Crippen LogP contribution < -0.4 is 10.3 Å². The van der Waals surface area contributed by atoms with Gasteiger partial charge in [-0.15, -0.1) is 0 Å². The molecule has 0 unspecified atom stereocenters. The van der Waals surface area contributed by atoms with Crippen molar-refractivity contribution in [3.05, 3.63) is 97.5 Å². The number of benzene rings is 2. The molecule has 2 heterocycles. The molecule has 1 N–H and O–H groups in total. The number of hydrogen-bond acceptors (Lipinski definition) is 4. The molecule has 0 fully saturated rings. The molecule has 0 aliphatic carbocycles. The van der Waals surface area contributed by atoms with Crippen molar-refractivity contribution in [2.75, 3.05) is 0 Å². The monoisotopic (exact) mass is 429 g/mol. The lowest BCUT2D eigenvalue weighted by Gasteiger charge is -2.13. The van der Waals surface area contributed by atoms with Gasteiger partial charge < -0.3 is 9.72 Å². The number of halogens is 1. The van der Waals surface area contributed by atoms with E-state index in [2.05, 4.69) is 23.0 Å². The van der Waals surface area contributed by atoms with E-state index in [-0.39, 0.29) is 18.0 Å². The van der Waals surface area contributed by atoms with E-state index in [1.54, 1.807) is 19.9 Å². The summed E-state index contributed by atoms with van der Waals surface area (Å²) in [5.74, 6) is 0.639. The summed E-state index contributed by atoms with van der Waals surface area (Å²) in [7, 11) is 0. The molecule has 162 valence electrons. The first-order valence-corrected chi connectivity index (χ1v) is 10.7. The Labute approximate surface area is 186 Å². The molecule has 1 aliphatic rings. The highest BCUT2D eigenvalue weighted by molar-refractivity contribution is 5.88. The number of ether oxygens (including phenoxy) is 1. The van der Waals surface area contributed by atoms with Crippen LogP contribution in [0.4, 0.5) is 4.39 Å². The van der Waals surface area contributed by atoms with Crippen molar-refractivity contribution in [1.29, 1.82) is 5.26 Å². The molecule has 0 saturated carbocycles. The summed E-state index contributed by atoms with van der Waals surface area (Å²) in [6.07, 6.45) is 2.09. The first kappa shape index (κ1) is 21.5. The van der Waals surface area contributed by atoms with E-state index in [1.807, 2.05) is 18.2 Å². The fourth-order valence-corrected chi connectivity index (χ4v) is 4.20. The smallest absolute Gasteiger partial charge is 0.254 e. The Kier molecular flexibility index (Phi) is 5.91. The molecule has 0 bridgehead atoms. The van der Waals surface area contributed by atoms with Crippen LogP contribution in [0.15, 0.2) is 46.8 Å². The maximum Gasteiger partial charge on any atom is 0.254 e. The maximum atomic E-state index is 13.8. The molecule has 4 rings (SSSR count). The largest absolute Gasteiger partial charge is 0.488 e. The molecule has 0 amide bonds. The van der Waals surface area contributed by atoms with Gasteiger partial charge in [0, 0.05) is 34.8 Å². The minimum absolute atomic E-state index is 0.115. The third kappa shape index (κ3) is 4.06. The average Bonchev–Trinajstić information content (AvgIpc) is 2.92. The molecule has 0 radical (unpaired) electrons. The second-order valence-corrected chi connectivity index (χ2v) is 8.04. The second kappa shape index (κ2) is 8.80. The summed E-state index contributed by atoms with van der Waals surface area (Å²) in [6, 6.07) is 12.5. The summed E-state index contributed by atoms with van der Waals surface area (Å²) < 4.78 is 19.8. The second-order valence-electron chi connectivity index (χ2n) is 8.04. The molecule has 1 aliphatic heterocycles. The third-order valence-electron chi connectivity index (χ3n) is 5.67. The normalized spacial score (nSPS) is 14.0. The van der Waals surface area contributed by atoms with Crippen LogP contribution in [-0.2, 0) is 19.4 Å². The van der Waals surface area contributed by atoms with Crippen LogP contribution in [0, 0.1) is 24.1 Å². The zero-order valence-electron chi connectivity index (χ0n) is 18.4. The average molecular weight is 429 g/mol. The Bertz CT molecular complexity index is 1330. The van der Waals surface area contributed by atoms with Crippen molar-refractivity contribution in [3.63, 3.8) is 0 Å². The number of rotatable bonds is 4. The molecule has 0 spiro atoms. The van der Waals surface area contributed by atoms with E-state index in [4.69, 9.17) is 4.74 Å². The highest BCUT2D eigenvalue weighted by atomic mass is 19.1. The van der Waals surface area contributed by atoms with Crippen LogP contribution in [0.25, 0.3) is 5.57 Å². The first-order chi connectivity index (χ1) is 15.4. The fraction of sp³-hybridized carbons (Fsp3) is 0.269. The van der Waals surface area contributed by atoms with Crippen molar-refractivity contribution in [1.82, 2.24) is 9.97 Å². The van der Waals surface area contributed by atoms with Crippen LogP contribution in [0.1, 0.15) is 59.6 Å². The summed E-state index contributed by atoms with van der Waals surface area (Å²) >= 11 is 0. The summed E-state index contributed by atoms with van der Waals surface area (Å²) in [5.41, 5.74) is 6.05. The van der Waals surface area contributed by atoms with E-state index in [9.17, 15) is 14.4 Å². The quantitative estimate of drug-likeness (QED) is 0.592. The minimum atomic E-state index is -0.390. The van der Waals surface area contributed by atoms with Gasteiger partial charge in [0.25, 0.3) is 5.56 Å². The van der Waals surface area contributed by atoms with E-state index < -0.39 is 0 Å². The van der Waals surface area contributed by atoms with Crippen LogP contribution in [0.3, 0.4) is 0 Å². The van der Waals surface area contributed by atoms with Crippen molar-refractivity contribution in [2.45, 2.75) is 46.6 Å². The predicted molar refractivity (Wildman–Crippen MR) is 121 cm³/mol. The van der Waals surface area contributed by atoms with E-state index in [0.29, 0.717) is 34.7 Å². The summed E-state index contributed by atoms with van der Waals surface area (Å²) in [5, 5.41) is 9.60. The first-order valence-electron chi connectivity index (χ1n) is 10.7. The predicted octanol–water partition coefficient (Wildman–Crippen LogP) is 5.00. The number of aromatic nitrogens is 2. The molecule has 0 atom stereocenters. The topological polar surface area (TPSA) is 78.8 Å². The lowest BCUT2D eigenvalue weighted by atomic mass is 9.89. The lowest BCUT2D eigenvalue weighted by molar-refractivity contribution is 0.305. The number of nitriles is 1. The van der Waals surface area contributed by atoms with Gasteiger partial charge in [-0.2, -0.15) is 5.26 Å². The Morgan fingerprint density at radius 1 is 1.25 bits per heavy atom. The van der Waals surface area contributed by atoms with Gasteiger partial charge in [-0.3, -0.25) is 4.79 Å². The van der Waals surface area contributed by atoms with Gasteiger partial charge in [-0.25, -0.2) is 9.37 Å². The van der Waals surface area contributed by atoms with Crippen molar-refractivity contribution in [2.24, 2.45) is 0 Å². The number of nitrogens with one attached hydrogen (secondary N) is 1. The Hall–Kier alpha value is -3.72. The third-order valence-corrected chi connectivity index (χ3v) is 5.67. The van der Waals surface area contributed by atoms with Gasteiger partial charge >= 0.3 is 0 Å².